The van der Waals surface area contributed by atoms with Gasteiger partial charge in [-0.3, -0.25) is 0 Å². The Balaban J connectivity index is 2.40. The lowest BCUT2D eigenvalue weighted by Crippen LogP contribution is -2.45. The molecule has 0 amide bonds. The van der Waals surface area contributed by atoms with Crippen LogP contribution in [0, 0.1) is 0 Å². The van der Waals surface area contributed by atoms with Gasteiger partial charge in [-0.1, -0.05) is 43.3 Å². The van der Waals surface area contributed by atoms with E-state index in [1.54, 1.807) is 14.2 Å². The minimum atomic E-state index is -2.12. The zero-order chi connectivity index (χ0) is 11.6. The molecule has 1 aromatic carbocycles. The van der Waals surface area contributed by atoms with Crippen LogP contribution in [0.5, 0.6) is 0 Å². The van der Waals surface area contributed by atoms with Crippen LogP contribution in [0.3, 0.4) is 0 Å². The quantitative estimate of drug-likeness (QED) is 0.745. The van der Waals surface area contributed by atoms with E-state index in [2.05, 4.69) is 43.3 Å². The molecule has 1 aliphatic rings. The molecule has 86 valence electrons. The highest BCUT2D eigenvalue weighted by atomic mass is 28.4. The first-order valence-corrected chi connectivity index (χ1v) is 7.75. The van der Waals surface area contributed by atoms with Gasteiger partial charge in [-0.05, 0) is 17.2 Å². The second kappa shape index (κ2) is 4.53. The third-order valence-electron chi connectivity index (χ3n) is 3.46. The molecular formula is C13H18O2Si. The lowest BCUT2D eigenvalue weighted by Gasteiger charge is -2.31. The van der Waals surface area contributed by atoms with E-state index in [0.717, 1.165) is 6.04 Å². The monoisotopic (exact) mass is 234 g/mol. The third kappa shape index (κ3) is 1.65. The number of fused-ring (bicyclic) bond motifs is 1. The van der Waals surface area contributed by atoms with Gasteiger partial charge in [-0.2, -0.15) is 0 Å². The molecule has 0 bridgehead atoms. The van der Waals surface area contributed by atoms with Crippen molar-refractivity contribution in [1.82, 2.24) is 0 Å². The largest absolute Gasteiger partial charge is 0.397 e. The number of hydrogen-bond acceptors (Lipinski definition) is 2. The summed E-state index contributed by atoms with van der Waals surface area (Å²) >= 11 is 0. The smallest absolute Gasteiger partial charge is 0.349 e. The maximum absolute atomic E-state index is 5.74. The van der Waals surface area contributed by atoms with Crippen LogP contribution in [0.15, 0.2) is 30.3 Å². The van der Waals surface area contributed by atoms with Crippen LogP contribution in [-0.2, 0) is 8.85 Å². The van der Waals surface area contributed by atoms with Crippen LogP contribution in [0.25, 0.3) is 6.08 Å². The fourth-order valence-electron chi connectivity index (χ4n) is 2.48. The Labute approximate surface area is 98.1 Å². The second-order valence-electron chi connectivity index (χ2n) is 4.04. The summed E-state index contributed by atoms with van der Waals surface area (Å²) in [6, 6.07) is 9.43. The maximum atomic E-state index is 5.74. The molecule has 1 atom stereocenters. The number of allylic oxidation sites excluding steroid dienone is 1. The second-order valence-corrected chi connectivity index (χ2v) is 7.81. The average Bonchev–Trinajstić information content (AvgIpc) is 2.77. The summed E-state index contributed by atoms with van der Waals surface area (Å²) in [5, 5.41) is 0. The number of benzene rings is 1. The first-order valence-electron chi connectivity index (χ1n) is 5.65. The van der Waals surface area contributed by atoms with Gasteiger partial charge in [0.15, 0.2) is 0 Å². The predicted octanol–water partition coefficient (Wildman–Crippen LogP) is 3.09. The van der Waals surface area contributed by atoms with Gasteiger partial charge in [0.2, 0.25) is 0 Å². The SMILES string of the molecule is CC[Si](OC)(OC)C1C=Cc2ccccc21. The highest BCUT2D eigenvalue weighted by molar-refractivity contribution is 6.69. The van der Waals surface area contributed by atoms with Gasteiger partial charge >= 0.3 is 8.56 Å². The Morgan fingerprint density at radius 1 is 1.19 bits per heavy atom. The summed E-state index contributed by atoms with van der Waals surface area (Å²) in [5.74, 6) is 0. The topological polar surface area (TPSA) is 18.5 Å². The van der Waals surface area contributed by atoms with Crippen molar-refractivity contribution in [3.05, 3.63) is 41.5 Å². The summed E-state index contributed by atoms with van der Waals surface area (Å²) in [4.78, 5) is 0. The zero-order valence-corrected chi connectivity index (χ0v) is 11.1. The molecule has 0 saturated heterocycles. The average molecular weight is 234 g/mol. The highest BCUT2D eigenvalue weighted by Gasteiger charge is 2.44. The van der Waals surface area contributed by atoms with E-state index in [9.17, 15) is 0 Å². The molecule has 0 fully saturated rings. The summed E-state index contributed by atoms with van der Waals surface area (Å²) in [6.45, 7) is 2.15. The molecule has 0 N–H and O–H groups in total. The van der Waals surface area contributed by atoms with Gasteiger partial charge < -0.3 is 8.85 Å². The van der Waals surface area contributed by atoms with Crippen molar-refractivity contribution in [3.63, 3.8) is 0 Å². The van der Waals surface area contributed by atoms with Crippen LogP contribution >= 0.6 is 0 Å². The Bertz CT molecular complexity index is 388. The van der Waals surface area contributed by atoms with Gasteiger partial charge in [0.25, 0.3) is 0 Å². The first-order chi connectivity index (χ1) is 7.77. The van der Waals surface area contributed by atoms with Crippen LogP contribution in [0.2, 0.25) is 6.04 Å². The van der Waals surface area contributed by atoms with E-state index in [4.69, 9.17) is 8.85 Å². The van der Waals surface area contributed by atoms with Gasteiger partial charge in [0.05, 0.1) is 0 Å². The van der Waals surface area contributed by atoms with Gasteiger partial charge in [0, 0.05) is 19.8 Å². The van der Waals surface area contributed by atoms with Gasteiger partial charge in [-0.15, -0.1) is 0 Å². The molecule has 2 rings (SSSR count). The minimum absolute atomic E-state index is 0.323. The predicted molar refractivity (Wildman–Crippen MR) is 68.5 cm³/mol. The highest BCUT2D eigenvalue weighted by Crippen LogP contribution is 2.38. The van der Waals surface area contributed by atoms with E-state index in [0.29, 0.717) is 5.54 Å². The fourth-order valence-corrected chi connectivity index (χ4v) is 5.30. The third-order valence-corrected chi connectivity index (χ3v) is 7.28. The molecule has 0 radical (unpaired) electrons. The lowest BCUT2D eigenvalue weighted by atomic mass is 10.1. The normalized spacial score (nSPS) is 18.8. The van der Waals surface area contributed by atoms with Gasteiger partial charge in [-0.25, -0.2) is 0 Å². The summed E-state index contributed by atoms with van der Waals surface area (Å²) < 4.78 is 11.5. The zero-order valence-electron chi connectivity index (χ0n) is 10.1. The van der Waals surface area contributed by atoms with Crippen LogP contribution in [0.1, 0.15) is 23.6 Å². The standard InChI is InChI=1S/C13H18O2Si/c1-4-16(14-2,15-3)13-10-9-11-7-5-6-8-12(11)13/h5-10,13H,4H2,1-3H3. The van der Waals surface area contributed by atoms with Crippen molar-refractivity contribution in [2.75, 3.05) is 14.2 Å². The molecule has 2 nitrogen and oxygen atoms in total. The van der Waals surface area contributed by atoms with E-state index in [-0.39, 0.29) is 0 Å². The fraction of sp³-hybridized carbons (Fsp3) is 0.385. The molecule has 1 aromatic rings. The molecule has 0 saturated carbocycles. The van der Waals surface area contributed by atoms with Crippen molar-refractivity contribution < 1.29 is 8.85 Å². The van der Waals surface area contributed by atoms with Crippen molar-refractivity contribution in [3.8, 4) is 0 Å². The van der Waals surface area contributed by atoms with Gasteiger partial charge in [0.1, 0.15) is 0 Å². The molecule has 0 spiro atoms. The van der Waals surface area contributed by atoms with Crippen LogP contribution < -0.4 is 0 Å². The Morgan fingerprint density at radius 3 is 2.50 bits per heavy atom. The van der Waals surface area contributed by atoms with Crippen molar-refractivity contribution in [1.29, 1.82) is 0 Å². The molecule has 0 aromatic heterocycles. The molecule has 16 heavy (non-hydrogen) atoms. The first kappa shape index (κ1) is 11.6. The molecule has 0 heterocycles. The Hall–Kier alpha value is -0.903. The van der Waals surface area contributed by atoms with Crippen molar-refractivity contribution in [2.24, 2.45) is 0 Å². The molecule has 3 heteroatoms. The van der Waals surface area contributed by atoms with E-state index >= 15 is 0 Å². The van der Waals surface area contributed by atoms with Crippen molar-refractivity contribution >= 4 is 14.6 Å². The number of rotatable bonds is 4. The summed E-state index contributed by atoms with van der Waals surface area (Å²) in [6.07, 6.45) is 4.41. The van der Waals surface area contributed by atoms with Crippen LogP contribution in [0.4, 0.5) is 0 Å². The van der Waals surface area contributed by atoms with E-state index in [1.165, 1.54) is 11.1 Å². The molecule has 1 aliphatic carbocycles. The minimum Gasteiger partial charge on any atom is -0.397 e. The summed E-state index contributed by atoms with van der Waals surface area (Å²) in [7, 11) is 1.42. The van der Waals surface area contributed by atoms with Crippen LogP contribution in [-0.4, -0.2) is 22.8 Å². The summed E-state index contributed by atoms with van der Waals surface area (Å²) in [5.41, 5.74) is 2.97. The molecular weight excluding hydrogens is 216 g/mol. The molecule has 1 unspecified atom stereocenters. The van der Waals surface area contributed by atoms with E-state index < -0.39 is 8.56 Å². The lowest BCUT2D eigenvalue weighted by molar-refractivity contribution is 0.237. The Kier molecular flexibility index (Phi) is 3.28. The maximum Gasteiger partial charge on any atom is 0.349 e. The molecule has 0 aliphatic heterocycles. The Morgan fingerprint density at radius 2 is 1.88 bits per heavy atom. The van der Waals surface area contributed by atoms with Crippen molar-refractivity contribution in [2.45, 2.75) is 18.5 Å². The number of hydrogen-bond donors (Lipinski definition) is 0. The van der Waals surface area contributed by atoms with E-state index in [1.807, 2.05) is 0 Å².